The van der Waals surface area contributed by atoms with E-state index in [1.54, 1.807) is 35.6 Å². The lowest BCUT2D eigenvalue weighted by molar-refractivity contribution is 0.0951. The molecule has 1 N–H and O–H groups in total. The Morgan fingerprint density at radius 3 is 2.50 bits per heavy atom. The van der Waals surface area contributed by atoms with E-state index < -0.39 is 9.84 Å². The molecule has 0 saturated heterocycles. The predicted molar refractivity (Wildman–Crippen MR) is 95.8 cm³/mol. The molecule has 3 rings (SSSR count). The van der Waals surface area contributed by atoms with Gasteiger partial charge in [0.1, 0.15) is 5.01 Å². The van der Waals surface area contributed by atoms with Crippen LogP contribution in [0, 0.1) is 0 Å². The number of sulfone groups is 1. The SMILES string of the molecule is CS(=O)(=O)Cc1ccc(C(=O)NCc2nc3ccccc3s2)cc1. The number of rotatable bonds is 5. The zero-order valence-corrected chi connectivity index (χ0v) is 14.7. The van der Waals surface area contributed by atoms with Gasteiger partial charge in [0.2, 0.25) is 0 Å². The molecule has 2 aromatic carbocycles. The number of fused-ring (bicyclic) bond motifs is 1. The number of hydrogen-bond acceptors (Lipinski definition) is 5. The minimum Gasteiger partial charge on any atom is -0.346 e. The number of carbonyl (C=O) groups excluding carboxylic acids is 1. The summed E-state index contributed by atoms with van der Waals surface area (Å²) in [5, 5.41) is 3.68. The summed E-state index contributed by atoms with van der Waals surface area (Å²) in [4.78, 5) is 16.6. The van der Waals surface area contributed by atoms with Gasteiger partial charge >= 0.3 is 0 Å². The monoisotopic (exact) mass is 360 g/mol. The number of amides is 1. The van der Waals surface area contributed by atoms with Crippen LogP contribution in [0.5, 0.6) is 0 Å². The van der Waals surface area contributed by atoms with Gasteiger partial charge in [-0.3, -0.25) is 4.79 Å². The molecule has 0 radical (unpaired) electrons. The number of thiazole rings is 1. The zero-order valence-electron chi connectivity index (χ0n) is 13.0. The van der Waals surface area contributed by atoms with E-state index in [-0.39, 0.29) is 11.7 Å². The minimum atomic E-state index is -3.08. The molecule has 3 aromatic rings. The third-order valence-electron chi connectivity index (χ3n) is 3.38. The van der Waals surface area contributed by atoms with Gasteiger partial charge in [-0.15, -0.1) is 11.3 Å². The van der Waals surface area contributed by atoms with Crippen molar-refractivity contribution in [1.82, 2.24) is 10.3 Å². The van der Waals surface area contributed by atoms with Crippen LogP contribution in [0.3, 0.4) is 0 Å². The summed E-state index contributed by atoms with van der Waals surface area (Å²) < 4.78 is 23.6. The van der Waals surface area contributed by atoms with E-state index in [9.17, 15) is 13.2 Å². The van der Waals surface area contributed by atoms with E-state index in [1.807, 2.05) is 24.3 Å². The van der Waals surface area contributed by atoms with Crippen molar-refractivity contribution in [3.8, 4) is 0 Å². The van der Waals surface area contributed by atoms with Gasteiger partial charge in [0.15, 0.2) is 9.84 Å². The summed E-state index contributed by atoms with van der Waals surface area (Å²) in [6.45, 7) is 0.364. The Labute approximate surface area is 144 Å². The van der Waals surface area contributed by atoms with Crippen molar-refractivity contribution in [3.05, 3.63) is 64.7 Å². The fourth-order valence-electron chi connectivity index (χ4n) is 2.31. The number of carbonyl (C=O) groups is 1. The van der Waals surface area contributed by atoms with Gasteiger partial charge in [0.25, 0.3) is 5.91 Å². The molecule has 5 nitrogen and oxygen atoms in total. The molecule has 0 saturated carbocycles. The molecular formula is C17H16N2O3S2. The molecule has 0 aliphatic carbocycles. The third-order valence-corrected chi connectivity index (χ3v) is 5.28. The topological polar surface area (TPSA) is 76.1 Å². The first-order valence-corrected chi connectivity index (χ1v) is 10.2. The molecule has 1 heterocycles. The lowest BCUT2D eigenvalue weighted by Crippen LogP contribution is -2.22. The van der Waals surface area contributed by atoms with Gasteiger partial charge < -0.3 is 5.32 Å². The number of nitrogens with one attached hydrogen (secondary N) is 1. The molecule has 7 heteroatoms. The fourth-order valence-corrected chi connectivity index (χ4v) is 4.01. The van der Waals surface area contributed by atoms with Crippen LogP contribution in [0.25, 0.3) is 10.2 Å². The van der Waals surface area contributed by atoms with Gasteiger partial charge in [-0.2, -0.15) is 0 Å². The lowest BCUT2D eigenvalue weighted by Gasteiger charge is -2.04. The molecular weight excluding hydrogens is 344 g/mol. The molecule has 0 fully saturated rings. The van der Waals surface area contributed by atoms with Crippen molar-refractivity contribution in [2.75, 3.05) is 6.26 Å². The molecule has 1 aromatic heterocycles. The Hall–Kier alpha value is -2.25. The summed E-state index contributed by atoms with van der Waals surface area (Å²) >= 11 is 1.55. The normalized spacial score (nSPS) is 11.5. The highest BCUT2D eigenvalue weighted by atomic mass is 32.2. The van der Waals surface area contributed by atoms with Gasteiger partial charge in [-0.25, -0.2) is 13.4 Å². The van der Waals surface area contributed by atoms with Crippen molar-refractivity contribution in [3.63, 3.8) is 0 Å². The van der Waals surface area contributed by atoms with Gasteiger partial charge in [0.05, 0.1) is 22.5 Å². The average Bonchev–Trinajstić information content (AvgIpc) is 2.94. The number of hydrogen-bond donors (Lipinski definition) is 1. The van der Waals surface area contributed by atoms with Crippen molar-refractivity contribution >= 4 is 37.3 Å². The Morgan fingerprint density at radius 1 is 1.12 bits per heavy atom. The van der Waals surface area contributed by atoms with Crippen LogP contribution >= 0.6 is 11.3 Å². The van der Waals surface area contributed by atoms with Crippen molar-refractivity contribution in [2.45, 2.75) is 12.3 Å². The van der Waals surface area contributed by atoms with Crippen LogP contribution in [0.15, 0.2) is 48.5 Å². The number of para-hydroxylation sites is 1. The second-order valence-electron chi connectivity index (χ2n) is 5.53. The van der Waals surface area contributed by atoms with Gasteiger partial charge in [-0.05, 0) is 29.8 Å². The first-order valence-electron chi connectivity index (χ1n) is 7.30. The average molecular weight is 360 g/mol. The highest BCUT2D eigenvalue weighted by Gasteiger charge is 2.09. The van der Waals surface area contributed by atoms with Crippen LogP contribution in [0.4, 0.5) is 0 Å². The molecule has 0 atom stereocenters. The number of benzene rings is 2. The second-order valence-corrected chi connectivity index (χ2v) is 8.78. The summed E-state index contributed by atoms with van der Waals surface area (Å²) in [5.41, 5.74) is 2.09. The van der Waals surface area contributed by atoms with E-state index in [0.717, 1.165) is 15.2 Å². The summed E-state index contributed by atoms with van der Waals surface area (Å²) in [7, 11) is -3.08. The first-order chi connectivity index (χ1) is 11.4. The van der Waals surface area contributed by atoms with Crippen LogP contribution in [0.1, 0.15) is 20.9 Å². The Bertz CT molecular complexity index is 943. The van der Waals surface area contributed by atoms with Crippen LogP contribution in [-0.4, -0.2) is 25.6 Å². The van der Waals surface area contributed by atoms with Crippen LogP contribution < -0.4 is 5.32 Å². The molecule has 0 aliphatic heterocycles. The van der Waals surface area contributed by atoms with E-state index in [2.05, 4.69) is 10.3 Å². The Morgan fingerprint density at radius 2 is 1.83 bits per heavy atom. The highest BCUT2D eigenvalue weighted by Crippen LogP contribution is 2.21. The van der Waals surface area contributed by atoms with Crippen LogP contribution in [-0.2, 0) is 22.1 Å². The summed E-state index contributed by atoms with van der Waals surface area (Å²) in [6.07, 6.45) is 1.19. The van der Waals surface area contributed by atoms with Crippen molar-refractivity contribution < 1.29 is 13.2 Å². The standard InChI is InChI=1S/C17H16N2O3S2/c1-24(21,22)11-12-6-8-13(9-7-12)17(20)18-10-16-19-14-4-2-3-5-15(14)23-16/h2-9H,10-11H2,1H3,(H,18,20). The number of nitrogens with zero attached hydrogens (tertiary/aromatic N) is 1. The summed E-state index contributed by atoms with van der Waals surface area (Å²) in [5.74, 6) is -0.235. The predicted octanol–water partition coefficient (Wildman–Crippen LogP) is 2.77. The van der Waals surface area contributed by atoms with E-state index in [4.69, 9.17) is 0 Å². The molecule has 0 spiro atoms. The quantitative estimate of drug-likeness (QED) is 0.759. The van der Waals surface area contributed by atoms with E-state index >= 15 is 0 Å². The fraction of sp³-hybridized carbons (Fsp3) is 0.176. The molecule has 24 heavy (non-hydrogen) atoms. The van der Waals surface area contributed by atoms with Crippen molar-refractivity contribution in [2.24, 2.45) is 0 Å². The molecule has 1 amide bonds. The minimum absolute atomic E-state index is 0.0272. The Kier molecular flexibility index (Phi) is 4.64. The maximum atomic E-state index is 12.2. The highest BCUT2D eigenvalue weighted by molar-refractivity contribution is 7.89. The third kappa shape index (κ3) is 4.18. The second kappa shape index (κ2) is 6.70. The largest absolute Gasteiger partial charge is 0.346 e. The maximum absolute atomic E-state index is 12.2. The van der Waals surface area contributed by atoms with Gasteiger partial charge in [0, 0.05) is 11.8 Å². The smallest absolute Gasteiger partial charge is 0.251 e. The Balaban J connectivity index is 1.64. The summed E-state index contributed by atoms with van der Waals surface area (Å²) in [6, 6.07) is 14.4. The van der Waals surface area contributed by atoms with E-state index in [1.165, 1.54) is 6.26 Å². The van der Waals surface area contributed by atoms with Crippen LogP contribution in [0.2, 0.25) is 0 Å². The molecule has 0 unspecified atom stereocenters. The van der Waals surface area contributed by atoms with E-state index in [0.29, 0.717) is 17.7 Å². The number of aromatic nitrogens is 1. The van der Waals surface area contributed by atoms with Crippen molar-refractivity contribution in [1.29, 1.82) is 0 Å². The first kappa shape index (κ1) is 16.6. The zero-order chi connectivity index (χ0) is 17.2. The molecule has 0 aliphatic rings. The molecule has 124 valence electrons. The molecule has 0 bridgehead atoms. The maximum Gasteiger partial charge on any atom is 0.251 e. The lowest BCUT2D eigenvalue weighted by atomic mass is 10.1. The van der Waals surface area contributed by atoms with Gasteiger partial charge in [-0.1, -0.05) is 24.3 Å².